The molecule has 0 saturated heterocycles. The van der Waals surface area contributed by atoms with Crippen LogP contribution < -0.4 is 4.72 Å². The maximum absolute atomic E-state index is 12.5. The minimum atomic E-state index is -3.32. The van der Waals surface area contributed by atoms with Crippen LogP contribution in [-0.2, 0) is 10.0 Å². The lowest BCUT2D eigenvalue weighted by atomic mass is 10.1. The zero-order valence-electron chi connectivity index (χ0n) is 13.3. The van der Waals surface area contributed by atoms with Gasteiger partial charge in [0.15, 0.2) is 10.9 Å². The minimum absolute atomic E-state index is 0.0312. The molecule has 0 amide bonds. The molecule has 9 heteroatoms. The summed E-state index contributed by atoms with van der Waals surface area (Å²) in [6.45, 7) is 1.83. The lowest BCUT2D eigenvalue weighted by molar-refractivity contribution is 0.0994. The fraction of sp³-hybridized carbons (Fsp3) is 0.400. The van der Waals surface area contributed by atoms with Crippen LogP contribution in [0.4, 0.5) is 5.69 Å². The van der Waals surface area contributed by atoms with Crippen LogP contribution in [0.3, 0.4) is 0 Å². The van der Waals surface area contributed by atoms with E-state index in [0.29, 0.717) is 17.3 Å². The monoisotopic (exact) mass is 366 g/mol. The molecule has 0 radical (unpaired) electrons. The molecule has 0 spiro atoms. The molecule has 0 aliphatic heterocycles. The number of aromatic nitrogens is 3. The number of carbonyl (C=O) groups excluding carboxylic acids is 1. The summed E-state index contributed by atoms with van der Waals surface area (Å²) in [5.74, 6) is -0.0312. The normalized spacial score (nSPS) is 15.9. The van der Waals surface area contributed by atoms with Crippen molar-refractivity contribution in [3.8, 4) is 0 Å². The number of carbonyl (C=O) groups is 1. The van der Waals surface area contributed by atoms with Gasteiger partial charge in [0.05, 0.1) is 11.5 Å². The summed E-state index contributed by atoms with van der Waals surface area (Å²) < 4.78 is 26.8. The summed E-state index contributed by atoms with van der Waals surface area (Å²) in [6, 6.07) is 6.87. The smallest absolute Gasteiger partial charge is 0.229 e. The molecule has 1 heterocycles. The van der Waals surface area contributed by atoms with Gasteiger partial charge in [-0.15, -0.1) is 10.2 Å². The Morgan fingerprint density at radius 2 is 2.00 bits per heavy atom. The maximum atomic E-state index is 12.5. The van der Waals surface area contributed by atoms with E-state index in [1.54, 1.807) is 30.6 Å². The van der Waals surface area contributed by atoms with Crippen LogP contribution in [0.15, 0.2) is 35.7 Å². The Morgan fingerprint density at radius 1 is 1.33 bits per heavy atom. The van der Waals surface area contributed by atoms with Crippen molar-refractivity contribution in [3.63, 3.8) is 0 Å². The van der Waals surface area contributed by atoms with E-state index in [9.17, 15) is 13.2 Å². The highest BCUT2D eigenvalue weighted by Gasteiger charge is 2.28. The van der Waals surface area contributed by atoms with Crippen molar-refractivity contribution in [2.45, 2.75) is 36.2 Å². The fourth-order valence-electron chi connectivity index (χ4n) is 2.28. The van der Waals surface area contributed by atoms with Crippen molar-refractivity contribution in [3.05, 3.63) is 36.2 Å². The summed E-state index contributed by atoms with van der Waals surface area (Å²) in [5, 5.41) is 8.48. The van der Waals surface area contributed by atoms with E-state index in [4.69, 9.17) is 0 Å². The van der Waals surface area contributed by atoms with Gasteiger partial charge in [-0.2, -0.15) is 0 Å². The Morgan fingerprint density at radius 3 is 2.58 bits per heavy atom. The first kappa shape index (κ1) is 17.0. The number of nitrogens with one attached hydrogen (secondary N) is 1. The van der Waals surface area contributed by atoms with Gasteiger partial charge in [0.2, 0.25) is 10.0 Å². The Bertz CT molecular complexity index is 842. The van der Waals surface area contributed by atoms with Gasteiger partial charge < -0.3 is 4.57 Å². The molecule has 1 unspecified atom stereocenters. The van der Waals surface area contributed by atoms with Crippen LogP contribution in [-0.4, -0.2) is 40.5 Å². The number of benzene rings is 1. The van der Waals surface area contributed by atoms with Gasteiger partial charge in [-0.1, -0.05) is 11.8 Å². The standard InChI is InChI=1S/C15H18N4O3S2/c1-10(23-15-17-16-9-19(15)13-7-8-13)14(20)11-3-5-12(6-4-11)18-24(2,21)22/h3-6,9-10,13,18H,7-8H2,1-2H3. The van der Waals surface area contributed by atoms with E-state index in [1.165, 1.54) is 11.8 Å². The molecule has 1 N–H and O–H groups in total. The Kier molecular flexibility index (Phi) is 4.64. The highest BCUT2D eigenvalue weighted by atomic mass is 32.2. The number of anilines is 1. The predicted molar refractivity (Wildman–Crippen MR) is 92.9 cm³/mol. The van der Waals surface area contributed by atoms with Gasteiger partial charge >= 0.3 is 0 Å². The van der Waals surface area contributed by atoms with Crippen molar-refractivity contribution in [2.75, 3.05) is 11.0 Å². The summed E-state index contributed by atoms with van der Waals surface area (Å²) in [4.78, 5) is 12.5. The van der Waals surface area contributed by atoms with Crippen molar-refractivity contribution < 1.29 is 13.2 Å². The molecule has 1 aliphatic carbocycles. The van der Waals surface area contributed by atoms with Crippen LogP contribution >= 0.6 is 11.8 Å². The van der Waals surface area contributed by atoms with Gasteiger partial charge in [-0.05, 0) is 44.0 Å². The van der Waals surface area contributed by atoms with Crippen LogP contribution in [0.1, 0.15) is 36.2 Å². The molecular formula is C15H18N4O3S2. The molecule has 7 nitrogen and oxygen atoms in total. The fourth-order valence-corrected chi connectivity index (χ4v) is 3.82. The third kappa shape index (κ3) is 4.15. The maximum Gasteiger partial charge on any atom is 0.229 e. The van der Waals surface area contributed by atoms with E-state index in [2.05, 4.69) is 14.9 Å². The molecule has 0 bridgehead atoms. The summed E-state index contributed by atoms with van der Waals surface area (Å²) in [6.07, 6.45) is 5.05. The molecule has 1 aromatic carbocycles. The number of hydrogen-bond acceptors (Lipinski definition) is 6. The molecular weight excluding hydrogens is 348 g/mol. The van der Waals surface area contributed by atoms with Crippen molar-refractivity contribution in [1.82, 2.24) is 14.8 Å². The van der Waals surface area contributed by atoms with Gasteiger partial charge in [0, 0.05) is 17.3 Å². The first-order valence-corrected chi connectivity index (χ1v) is 10.3. The Balaban J connectivity index is 1.67. The average Bonchev–Trinajstić information content (AvgIpc) is 3.26. The largest absolute Gasteiger partial charge is 0.306 e. The van der Waals surface area contributed by atoms with Gasteiger partial charge in [-0.3, -0.25) is 9.52 Å². The average molecular weight is 366 g/mol. The number of sulfonamides is 1. The number of Topliss-reactive ketones (excluding diaryl/α,β-unsaturated/α-hetero) is 1. The van der Waals surface area contributed by atoms with E-state index in [0.717, 1.165) is 24.3 Å². The second-order valence-corrected chi connectivity index (χ2v) is 8.88. The molecule has 24 heavy (non-hydrogen) atoms. The minimum Gasteiger partial charge on any atom is -0.306 e. The van der Waals surface area contributed by atoms with Gasteiger partial charge in [-0.25, -0.2) is 8.42 Å². The Hall–Kier alpha value is -1.87. The third-order valence-corrected chi connectivity index (χ3v) is 5.28. The highest BCUT2D eigenvalue weighted by Crippen LogP contribution is 2.38. The highest BCUT2D eigenvalue weighted by molar-refractivity contribution is 8.00. The zero-order chi connectivity index (χ0) is 17.3. The molecule has 1 fully saturated rings. The number of thioether (sulfide) groups is 1. The van der Waals surface area contributed by atoms with E-state index >= 15 is 0 Å². The van der Waals surface area contributed by atoms with Crippen molar-refractivity contribution in [2.24, 2.45) is 0 Å². The van der Waals surface area contributed by atoms with E-state index in [1.807, 2.05) is 11.5 Å². The summed E-state index contributed by atoms with van der Waals surface area (Å²) >= 11 is 1.39. The van der Waals surface area contributed by atoms with Crippen molar-refractivity contribution in [1.29, 1.82) is 0 Å². The Labute approximate surface area is 144 Å². The molecule has 1 aromatic heterocycles. The van der Waals surface area contributed by atoms with Crippen LogP contribution in [0, 0.1) is 0 Å². The number of nitrogens with zero attached hydrogens (tertiary/aromatic N) is 3. The second-order valence-electron chi connectivity index (χ2n) is 5.83. The lowest BCUT2D eigenvalue weighted by Crippen LogP contribution is -2.15. The summed E-state index contributed by atoms with van der Waals surface area (Å²) in [5.41, 5.74) is 0.967. The quantitative estimate of drug-likeness (QED) is 0.597. The van der Waals surface area contributed by atoms with E-state index in [-0.39, 0.29) is 11.0 Å². The molecule has 2 aromatic rings. The number of hydrogen-bond donors (Lipinski definition) is 1. The SMILES string of the molecule is CC(Sc1nncn1C1CC1)C(=O)c1ccc(NS(C)(=O)=O)cc1. The lowest BCUT2D eigenvalue weighted by Gasteiger charge is -2.11. The van der Waals surface area contributed by atoms with E-state index < -0.39 is 10.0 Å². The van der Waals surface area contributed by atoms with Crippen molar-refractivity contribution >= 4 is 33.3 Å². The van der Waals surface area contributed by atoms with Crippen LogP contribution in [0.2, 0.25) is 0 Å². The molecule has 128 valence electrons. The third-order valence-electron chi connectivity index (χ3n) is 3.60. The number of rotatable bonds is 7. The predicted octanol–water partition coefficient (Wildman–Crippen LogP) is 2.35. The summed E-state index contributed by atoms with van der Waals surface area (Å²) in [7, 11) is -3.32. The molecule has 1 atom stereocenters. The van der Waals surface area contributed by atoms with Crippen LogP contribution in [0.5, 0.6) is 0 Å². The molecule has 3 rings (SSSR count). The first-order chi connectivity index (χ1) is 11.3. The molecule has 1 saturated carbocycles. The number of ketones is 1. The van der Waals surface area contributed by atoms with Crippen LogP contribution in [0.25, 0.3) is 0 Å². The van der Waals surface area contributed by atoms with Gasteiger partial charge in [0.25, 0.3) is 0 Å². The van der Waals surface area contributed by atoms with Gasteiger partial charge in [0.1, 0.15) is 6.33 Å². The topological polar surface area (TPSA) is 93.9 Å². The second kappa shape index (κ2) is 6.56. The molecule has 1 aliphatic rings. The first-order valence-electron chi connectivity index (χ1n) is 7.52. The zero-order valence-corrected chi connectivity index (χ0v) is 15.0.